The summed E-state index contributed by atoms with van der Waals surface area (Å²) in [6.07, 6.45) is 9.43. The molecule has 1 atom stereocenters. The number of amides is 2. The van der Waals surface area contributed by atoms with Gasteiger partial charge in [-0.25, -0.2) is 14.8 Å². The number of nitrogens with zero attached hydrogens (tertiary/aromatic N) is 7. The minimum Gasteiger partial charge on any atom is -0.346 e. The van der Waals surface area contributed by atoms with Gasteiger partial charge in [0.15, 0.2) is 0 Å². The number of piperazine rings is 1. The average molecular weight is 476 g/mol. The first-order chi connectivity index (χ1) is 16.9. The summed E-state index contributed by atoms with van der Waals surface area (Å²) in [6, 6.07) is 4.94. The molecule has 2 fully saturated rings. The van der Waals surface area contributed by atoms with E-state index < -0.39 is 0 Å². The summed E-state index contributed by atoms with van der Waals surface area (Å²) in [7, 11) is 0. The molecule has 3 aromatic heterocycles. The highest BCUT2D eigenvalue weighted by atomic mass is 16.2. The smallest absolute Gasteiger partial charge is 0.317 e. The number of carbonyl (C=O) groups excluding carboxylic acids is 1. The van der Waals surface area contributed by atoms with Crippen molar-refractivity contribution < 1.29 is 4.79 Å². The Morgan fingerprint density at radius 1 is 1.26 bits per heavy atom. The lowest BCUT2D eigenvalue weighted by atomic mass is 9.70. The fourth-order valence-electron chi connectivity index (χ4n) is 5.18. The van der Waals surface area contributed by atoms with Gasteiger partial charge in [0, 0.05) is 61.6 Å². The van der Waals surface area contributed by atoms with E-state index in [9.17, 15) is 10.1 Å². The maximum absolute atomic E-state index is 12.6. The molecule has 0 bridgehead atoms. The quantitative estimate of drug-likeness (QED) is 0.566. The molecule has 2 amide bonds. The standard InChI is InChI=1S/C25H33N9O/c1-17(2)18(3)31-24(35)33-10-8-32(9-11-33)20-12-25(13-20,5-6-26)34-15-19(14-30-34)22-21-4-7-27-23(21)29-16-28-22/h4,7,14-18,20H,5,8-13H2,1-3H3,(H,31,35)(H,27,28,29)/t18-,20-,25+/m0/s1. The molecule has 10 nitrogen and oxygen atoms in total. The van der Waals surface area contributed by atoms with Crippen LogP contribution in [0.5, 0.6) is 0 Å². The Morgan fingerprint density at radius 2 is 2.03 bits per heavy atom. The number of fused-ring (bicyclic) bond motifs is 1. The number of rotatable bonds is 6. The first kappa shape index (κ1) is 23.3. The third-order valence-electron chi connectivity index (χ3n) is 7.80. The lowest BCUT2D eigenvalue weighted by molar-refractivity contribution is -0.0131. The molecule has 0 radical (unpaired) electrons. The van der Waals surface area contributed by atoms with Crippen molar-refractivity contribution in [3.63, 3.8) is 0 Å². The molecule has 1 aliphatic heterocycles. The molecule has 2 aliphatic rings. The number of aromatic amines is 1. The van der Waals surface area contributed by atoms with Gasteiger partial charge in [-0.3, -0.25) is 9.58 Å². The van der Waals surface area contributed by atoms with Crippen LogP contribution in [0.2, 0.25) is 0 Å². The second-order valence-electron chi connectivity index (χ2n) is 10.3. The molecule has 4 heterocycles. The third kappa shape index (κ3) is 4.36. The van der Waals surface area contributed by atoms with Crippen LogP contribution < -0.4 is 5.32 Å². The van der Waals surface area contributed by atoms with E-state index in [1.807, 2.05) is 41.2 Å². The van der Waals surface area contributed by atoms with E-state index in [4.69, 9.17) is 0 Å². The number of H-pyrrole nitrogens is 1. The van der Waals surface area contributed by atoms with Gasteiger partial charge in [-0.15, -0.1) is 0 Å². The van der Waals surface area contributed by atoms with E-state index in [-0.39, 0.29) is 17.6 Å². The van der Waals surface area contributed by atoms with Crippen molar-refractivity contribution >= 4 is 17.1 Å². The van der Waals surface area contributed by atoms with Gasteiger partial charge in [0.1, 0.15) is 12.0 Å². The number of carbonyl (C=O) groups is 1. The minimum atomic E-state index is -0.302. The van der Waals surface area contributed by atoms with Crippen molar-refractivity contribution in [2.45, 2.75) is 57.7 Å². The minimum absolute atomic E-state index is 0.0311. The highest BCUT2D eigenvalue weighted by molar-refractivity contribution is 5.90. The molecule has 0 unspecified atom stereocenters. The van der Waals surface area contributed by atoms with Gasteiger partial charge in [0.25, 0.3) is 0 Å². The van der Waals surface area contributed by atoms with E-state index in [1.165, 1.54) is 0 Å². The first-order valence-corrected chi connectivity index (χ1v) is 12.4. The Hall–Kier alpha value is -3.45. The molecule has 0 spiro atoms. The Morgan fingerprint density at radius 3 is 2.74 bits per heavy atom. The van der Waals surface area contributed by atoms with Crippen molar-refractivity contribution in [2.24, 2.45) is 5.92 Å². The van der Waals surface area contributed by atoms with Gasteiger partial charge in [-0.1, -0.05) is 13.8 Å². The van der Waals surface area contributed by atoms with Crippen LogP contribution in [0.25, 0.3) is 22.3 Å². The number of aromatic nitrogens is 5. The van der Waals surface area contributed by atoms with Crippen molar-refractivity contribution in [3.05, 3.63) is 31.0 Å². The normalized spacial score (nSPS) is 23.7. The van der Waals surface area contributed by atoms with E-state index in [2.05, 4.69) is 50.2 Å². The summed E-state index contributed by atoms with van der Waals surface area (Å²) in [4.78, 5) is 28.8. The van der Waals surface area contributed by atoms with Gasteiger partial charge in [0.05, 0.1) is 29.9 Å². The molecule has 35 heavy (non-hydrogen) atoms. The van der Waals surface area contributed by atoms with E-state index in [1.54, 1.807) is 6.33 Å². The summed E-state index contributed by atoms with van der Waals surface area (Å²) < 4.78 is 1.97. The fourth-order valence-corrected chi connectivity index (χ4v) is 5.18. The molecule has 1 aliphatic carbocycles. The molecule has 184 valence electrons. The second kappa shape index (κ2) is 9.30. The van der Waals surface area contributed by atoms with E-state index in [0.29, 0.717) is 18.4 Å². The zero-order valence-electron chi connectivity index (χ0n) is 20.6. The molecular weight excluding hydrogens is 442 g/mol. The Balaban J connectivity index is 1.23. The van der Waals surface area contributed by atoms with E-state index in [0.717, 1.165) is 61.3 Å². The van der Waals surface area contributed by atoms with Crippen LogP contribution in [-0.4, -0.2) is 78.8 Å². The lowest BCUT2D eigenvalue weighted by Crippen LogP contribution is -2.61. The number of urea groups is 1. The molecule has 1 saturated heterocycles. The number of nitriles is 1. The first-order valence-electron chi connectivity index (χ1n) is 12.4. The van der Waals surface area contributed by atoms with Gasteiger partial charge >= 0.3 is 6.03 Å². The van der Waals surface area contributed by atoms with Crippen molar-refractivity contribution in [3.8, 4) is 17.3 Å². The van der Waals surface area contributed by atoms with Crippen molar-refractivity contribution in [1.29, 1.82) is 5.26 Å². The summed E-state index contributed by atoms with van der Waals surface area (Å²) in [5.74, 6) is 0.412. The van der Waals surface area contributed by atoms with Crippen LogP contribution in [0.3, 0.4) is 0 Å². The lowest BCUT2D eigenvalue weighted by Gasteiger charge is -2.52. The Bertz CT molecular complexity index is 1230. The van der Waals surface area contributed by atoms with Crippen LogP contribution >= 0.6 is 0 Å². The topological polar surface area (TPSA) is 119 Å². The SMILES string of the molecule is CC(C)[C@H](C)NC(=O)N1CCN([C@H]2C[C@@](CC#N)(n3cc(-c4ncnc5[nH]ccc45)cn3)C2)CC1. The third-order valence-corrected chi connectivity index (χ3v) is 7.80. The number of hydrogen-bond donors (Lipinski definition) is 2. The van der Waals surface area contributed by atoms with Crippen LogP contribution in [0.1, 0.15) is 40.0 Å². The molecule has 5 rings (SSSR count). The monoisotopic (exact) mass is 475 g/mol. The van der Waals surface area contributed by atoms with Crippen LogP contribution in [0, 0.1) is 17.2 Å². The number of nitrogens with one attached hydrogen (secondary N) is 2. The molecule has 3 aromatic rings. The van der Waals surface area contributed by atoms with Gasteiger partial charge in [0.2, 0.25) is 0 Å². The fraction of sp³-hybridized carbons (Fsp3) is 0.560. The molecule has 10 heteroatoms. The zero-order valence-corrected chi connectivity index (χ0v) is 20.6. The molecule has 1 saturated carbocycles. The summed E-state index contributed by atoms with van der Waals surface area (Å²) >= 11 is 0. The van der Waals surface area contributed by atoms with E-state index >= 15 is 0 Å². The predicted octanol–water partition coefficient (Wildman–Crippen LogP) is 2.96. The second-order valence-corrected chi connectivity index (χ2v) is 10.3. The molecular formula is C25H33N9O. The van der Waals surface area contributed by atoms with Gasteiger partial charge in [-0.05, 0) is 31.7 Å². The summed E-state index contributed by atoms with van der Waals surface area (Å²) in [5.41, 5.74) is 2.26. The summed E-state index contributed by atoms with van der Waals surface area (Å²) in [6.45, 7) is 9.44. The van der Waals surface area contributed by atoms with Gasteiger partial charge < -0.3 is 15.2 Å². The predicted molar refractivity (Wildman–Crippen MR) is 132 cm³/mol. The van der Waals surface area contributed by atoms with Crippen LogP contribution in [0.4, 0.5) is 4.79 Å². The summed E-state index contributed by atoms with van der Waals surface area (Å²) in [5, 5.41) is 18.3. The molecule has 2 N–H and O–H groups in total. The van der Waals surface area contributed by atoms with Crippen LogP contribution in [0.15, 0.2) is 31.0 Å². The molecule has 0 aromatic carbocycles. The largest absolute Gasteiger partial charge is 0.346 e. The van der Waals surface area contributed by atoms with Crippen molar-refractivity contribution in [2.75, 3.05) is 26.2 Å². The van der Waals surface area contributed by atoms with Crippen LogP contribution in [-0.2, 0) is 5.54 Å². The zero-order chi connectivity index (χ0) is 24.6. The average Bonchev–Trinajstić information content (AvgIpc) is 3.51. The highest BCUT2D eigenvalue weighted by Crippen LogP contribution is 2.45. The van der Waals surface area contributed by atoms with Gasteiger partial charge in [-0.2, -0.15) is 10.4 Å². The van der Waals surface area contributed by atoms with Crippen molar-refractivity contribution in [1.82, 2.24) is 39.8 Å². The Labute approximate surface area is 205 Å². The maximum Gasteiger partial charge on any atom is 0.317 e. The highest BCUT2D eigenvalue weighted by Gasteiger charge is 2.49. The Kier molecular flexibility index (Phi) is 6.19. The number of hydrogen-bond acceptors (Lipinski definition) is 6. The maximum atomic E-state index is 12.6.